The van der Waals surface area contributed by atoms with Crippen LogP contribution < -0.4 is 30.1 Å². The highest BCUT2D eigenvalue weighted by Crippen LogP contribution is 2.51. The zero-order chi connectivity index (χ0) is 32.0. The first-order valence-electron chi connectivity index (χ1n) is 16.1. The molecule has 12 heteroatoms. The molecular formula is C35H42Cl2N4O6. The number of benzene rings is 2. The molecule has 4 saturated heterocycles. The summed E-state index contributed by atoms with van der Waals surface area (Å²) in [6, 6.07) is 11.4. The lowest BCUT2D eigenvalue weighted by Crippen LogP contribution is -3.00. The van der Waals surface area contributed by atoms with Crippen LogP contribution in [0.25, 0.3) is 16.7 Å². The SMILES string of the molecule is CC(C)NC(=O)C[N+]12CC[N+](Cc3ccc4c(c3)C(=O)c3ccc(C5=C(C(=O)O)N6C(=O)[C@H]([C@@H](C)O)[C@H]6[C@H]5C)cc3-4)(CC1)CC2.[Cl-].[Cl-]. The topological polar surface area (TPSA) is 124 Å². The molecule has 0 unspecified atom stereocenters. The predicted octanol–water partition coefficient (Wildman–Crippen LogP) is -3.76. The number of ketones is 1. The van der Waals surface area contributed by atoms with Crippen LogP contribution in [-0.2, 0) is 20.9 Å². The number of aliphatic hydroxyl groups excluding tert-OH is 1. The van der Waals surface area contributed by atoms with E-state index in [4.69, 9.17) is 0 Å². The highest BCUT2D eigenvalue weighted by molar-refractivity contribution is 6.22. The second-order valence-corrected chi connectivity index (χ2v) is 14.4. The lowest BCUT2D eigenvalue weighted by molar-refractivity contribution is -1.08. The molecule has 5 heterocycles. The monoisotopic (exact) mass is 684 g/mol. The molecule has 1 aliphatic carbocycles. The molecule has 252 valence electrons. The lowest BCUT2D eigenvalue weighted by Gasteiger charge is -2.55. The molecule has 2 bridgehead atoms. The van der Waals surface area contributed by atoms with E-state index >= 15 is 0 Å². The Bertz CT molecular complexity index is 1680. The largest absolute Gasteiger partial charge is 1.00 e. The Morgan fingerprint density at radius 2 is 1.51 bits per heavy atom. The molecule has 0 aromatic heterocycles. The molecule has 0 saturated carbocycles. The number of piperazine rings is 3. The summed E-state index contributed by atoms with van der Waals surface area (Å²) in [6.45, 7) is 14.8. The average Bonchev–Trinajstić information content (AvgIpc) is 3.41. The first-order valence-corrected chi connectivity index (χ1v) is 16.1. The van der Waals surface area contributed by atoms with Crippen molar-refractivity contribution in [1.29, 1.82) is 0 Å². The Hall–Kier alpha value is -3.28. The molecule has 5 aliphatic heterocycles. The van der Waals surface area contributed by atoms with Gasteiger partial charge in [0.25, 0.3) is 5.91 Å². The van der Waals surface area contributed by atoms with Crippen LogP contribution in [0.4, 0.5) is 0 Å². The van der Waals surface area contributed by atoms with Gasteiger partial charge in [0.2, 0.25) is 5.91 Å². The number of carboxylic acid groups (broad SMARTS) is 1. The Kier molecular flexibility index (Phi) is 9.18. The van der Waals surface area contributed by atoms with Gasteiger partial charge >= 0.3 is 5.97 Å². The van der Waals surface area contributed by atoms with Crippen molar-refractivity contribution >= 4 is 29.1 Å². The van der Waals surface area contributed by atoms with Gasteiger partial charge in [-0.1, -0.05) is 25.1 Å². The van der Waals surface area contributed by atoms with Crippen LogP contribution in [0.3, 0.4) is 0 Å². The van der Waals surface area contributed by atoms with Gasteiger partial charge in [-0.15, -0.1) is 0 Å². The number of β-lactam (4-membered cyclic amide) rings is 1. The molecule has 2 aromatic carbocycles. The van der Waals surface area contributed by atoms with Crippen LogP contribution in [0.1, 0.15) is 54.7 Å². The van der Waals surface area contributed by atoms with Crippen molar-refractivity contribution in [3.8, 4) is 11.1 Å². The minimum atomic E-state index is -1.17. The second-order valence-electron chi connectivity index (χ2n) is 14.4. The fourth-order valence-electron chi connectivity index (χ4n) is 8.82. The first kappa shape index (κ1) is 35.0. The van der Waals surface area contributed by atoms with Crippen molar-refractivity contribution in [1.82, 2.24) is 10.2 Å². The number of hydrogen-bond acceptors (Lipinski definition) is 5. The molecule has 6 aliphatic rings. The molecule has 2 aromatic rings. The Morgan fingerprint density at radius 1 is 0.894 bits per heavy atom. The Morgan fingerprint density at radius 3 is 2.11 bits per heavy atom. The number of quaternary nitrogens is 2. The van der Waals surface area contributed by atoms with Gasteiger partial charge in [0.05, 0.1) is 18.1 Å². The number of fused-ring (bicyclic) bond motifs is 7. The molecule has 8 rings (SSSR count). The van der Waals surface area contributed by atoms with Crippen molar-refractivity contribution in [2.24, 2.45) is 11.8 Å². The van der Waals surface area contributed by atoms with Crippen molar-refractivity contribution in [3.05, 3.63) is 64.3 Å². The predicted molar refractivity (Wildman–Crippen MR) is 166 cm³/mol. The highest BCUT2D eigenvalue weighted by atomic mass is 35.5. The molecule has 3 N–H and O–H groups in total. The van der Waals surface area contributed by atoms with Gasteiger partial charge in [-0.2, -0.15) is 0 Å². The van der Waals surface area contributed by atoms with Crippen molar-refractivity contribution < 1.29 is 63.2 Å². The summed E-state index contributed by atoms with van der Waals surface area (Å²) < 4.78 is 1.84. The summed E-state index contributed by atoms with van der Waals surface area (Å²) in [5.41, 5.74) is 5.22. The number of aliphatic carboxylic acids is 1. The van der Waals surface area contributed by atoms with E-state index in [2.05, 4.69) is 11.4 Å². The van der Waals surface area contributed by atoms with E-state index in [1.807, 2.05) is 39.0 Å². The standard InChI is InChI=1S/C35H40N4O6.2ClH/c1-19(2)36-28(41)18-39-12-9-38(10-13-39,11-14-39)17-22-5-7-24-26-16-23(6-8-25(26)33(42)27(24)15-22)29-20(3)31-30(21(4)40)34(43)37(31)32(29)35(44)45;;/h5-8,15-16,19-21,30-31,40H,9-14,17-18H2,1-4H3;2*1H/t20-,21+,30+,31+,38?,39?;;/m0../s1. The third-order valence-electron chi connectivity index (χ3n) is 11.2. The van der Waals surface area contributed by atoms with E-state index in [0.29, 0.717) is 28.8 Å². The van der Waals surface area contributed by atoms with Crippen molar-refractivity contribution in [3.63, 3.8) is 0 Å². The van der Waals surface area contributed by atoms with Gasteiger partial charge in [0.15, 0.2) is 12.3 Å². The Labute approximate surface area is 287 Å². The number of rotatable bonds is 8. The lowest BCUT2D eigenvalue weighted by atomic mass is 9.76. The number of nitrogens with one attached hydrogen (secondary N) is 1. The maximum absolute atomic E-state index is 13.6. The van der Waals surface area contributed by atoms with E-state index in [1.54, 1.807) is 19.1 Å². The molecule has 0 spiro atoms. The maximum Gasteiger partial charge on any atom is 0.352 e. The summed E-state index contributed by atoms with van der Waals surface area (Å²) in [7, 11) is 0. The second kappa shape index (κ2) is 12.3. The van der Waals surface area contributed by atoms with Gasteiger partial charge in [-0.05, 0) is 61.2 Å². The van der Waals surface area contributed by atoms with Crippen LogP contribution in [0.2, 0.25) is 0 Å². The van der Waals surface area contributed by atoms with E-state index in [-0.39, 0.29) is 60.1 Å². The smallest absolute Gasteiger partial charge is 0.352 e. The minimum absolute atomic E-state index is 0. The summed E-state index contributed by atoms with van der Waals surface area (Å²) in [4.78, 5) is 52.7. The molecule has 4 fully saturated rings. The molecule has 4 atom stereocenters. The third kappa shape index (κ3) is 5.48. The van der Waals surface area contributed by atoms with Gasteiger partial charge in [-0.3, -0.25) is 14.4 Å². The van der Waals surface area contributed by atoms with E-state index < -0.39 is 24.0 Å². The normalized spacial score (nSPS) is 29.0. The maximum atomic E-state index is 13.6. The number of hydrogen-bond donors (Lipinski definition) is 3. The molecule has 47 heavy (non-hydrogen) atoms. The van der Waals surface area contributed by atoms with Crippen LogP contribution in [0.15, 0.2) is 42.1 Å². The van der Waals surface area contributed by atoms with Crippen LogP contribution in [0, 0.1) is 11.8 Å². The molecule has 2 amide bonds. The van der Waals surface area contributed by atoms with E-state index in [1.165, 1.54) is 4.90 Å². The Balaban J connectivity index is 0.00000217. The average molecular weight is 686 g/mol. The number of nitrogens with zero attached hydrogens (tertiary/aromatic N) is 3. The zero-order valence-corrected chi connectivity index (χ0v) is 28.6. The number of carbonyl (C=O) groups excluding carboxylic acids is 3. The molecular weight excluding hydrogens is 643 g/mol. The van der Waals surface area contributed by atoms with Crippen LogP contribution in [-0.4, -0.2) is 112 Å². The van der Waals surface area contributed by atoms with Gasteiger partial charge in [0, 0.05) is 28.7 Å². The number of halogens is 2. The number of amides is 2. The summed E-state index contributed by atoms with van der Waals surface area (Å²) in [5.74, 6) is -2.34. The summed E-state index contributed by atoms with van der Waals surface area (Å²) in [5, 5.41) is 23.4. The van der Waals surface area contributed by atoms with Gasteiger partial charge in [-0.25, -0.2) is 4.79 Å². The third-order valence-corrected chi connectivity index (χ3v) is 11.2. The summed E-state index contributed by atoms with van der Waals surface area (Å²) in [6.07, 6.45) is -0.868. The highest BCUT2D eigenvalue weighted by Gasteiger charge is 2.60. The number of carbonyl (C=O) groups is 4. The minimum Gasteiger partial charge on any atom is -1.00 e. The van der Waals surface area contributed by atoms with E-state index in [9.17, 15) is 29.4 Å². The van der Waals surface area contributed by atoms with Gasteiger partial charge < -0.3 is 54.2 Å². The quantitative estimate of drug-likeness (QED) is 0.166. The van der Waals surface area contributed by atoms with Crippen LogP contribution >= 0.6 is 0 Å². The molecule has 10 nitrogen and oxygen atoms in total. The fourth-order valence-corrected chi connectivity index (χ4v) is 8.82. The number of carboxylic acids is 1. The first-order chi connectivity index (χ1) is 21.3. The number of aliphatic hydroxyl groups is 1. The molecule has 0 radical (unpaired) electrons. The fraction of sp³-hybridized carbons (Fsp3) is 0.486. The van der Waals surface area contributed by atoms with Gasteiger partial charge in [0.1, 0.15) is 51.5 Å². The van der Waals surface area contributed by atoms with Crippen LogP contribution in [0.5, 0.6) is 0 Å². The van der Waals surface area contributed by atoms with E-state index in [0.717, 1.165) is 71.5 Å². The zero-order valence-electron chi connectivity index (χ0n) is 27.1. The van der Waals surface area contributed by atoms with Crippen molar-refractivity contribution in [2.75, 3.05) is 45.8 Å². The summed E-state index contributed by atoms with van der Waals surface area (Å²) >= 11 is 0. The van der Waals surface area contributed by atoms with Crippen molar-refractivity contribution in [2.45, 2.75) is 52.4 Å².